The zero-order chi connectivity index (χ0) is 26.0. The summed E-state index contributed by atoms with van der Waals surface area (Å²) < 4.78 is 60.8. The van der Waals surface area contributed by atoms with Crippen LogP contribution in [0.25, 0.3) is 0 Å². The Morgan fingerprint density at radius 2 is 1.83 bits per heavy atom. The maximum absolute atomic E-state index is 13.3. The minimum Gasteiger partial charge on any atom is -0.484 e. The van der Waals surface area contributed by atoms with Crippen LogP contribution in [-0.2, 0) is 16.1 Å². The van der Waals surface area contributed by atoms with Crippen molar-refractivity contribution in [3.8, 4) is 11.5 Å². The lowest BCUT2D eigenvalue weighted by Gasteiger charge is -2.13. The number of amides is 2. The number of aromatic nitrogens is 2. The van der Waals surface area contributed by atoms with Crippen molar-refractivity contribution < 1.29 is 41.7 Å². The van der Waals surface area contributed by atoms with Crippen molar-refractivity contribution in [2.75, 3.05) is 26.3 Å². The van der Waals surface area contributed by atoms with Gasteiger partial charge in [-0.2, -0.15) is 18.3 Å². The quantitative estimate of drug-likeness (QED) is 0.353. The Morgan fingerprint density at radius 3 is 2.51 bits per heavy atom. The van der Waals surface area contributed by atoms with Gasteiger partial charge >= 0.3 is 11.7 Å². The molecule has 0 spiro atoms. The van der Waals surface area contributed by atoms with Gasteiger partial charge in [-0.25, -0.2) is 9.07 Å². The number of hydrogen-bond acceptors (Lipinski definition) is 7. The van der Waals surface area contributed by atoms with Crippen LogP contribution in [0.3, 0.4) is 0 Å². The highest BCUT2D eigenvalue weighted by Crippen LogP contribution is 2.20. The molecule has 0 aliphatic rings. The van der Waals surface area contributed by atoms with Crippen molar-refractivity contribution in [3.63, 3.8) is 0 Å². The van der Waals surface area contributed by atoms with E-state index in [9.17, 15) is 37.1 Å². The number of hydrogen-bond donors (Lipinski definition) is 3. The Bertz CT molecular complexity index is 1080. The monoisotopic (exact) mass is 524 g/mol. The Kier molecular flexibility index (Phi) is 10.3. The fourth-order valence-corrected chi connectivity index (χ4v) is 2.62. The zero-order valence-corrected chi connectivity index (χ0v) is 18.7. The van der Waals surface area contributed by atoms with Crippen LogP contribution in [-0.4, -0.2) is 65.3 Å². The molecule has 0 bridgehead atoms. The molecule has 0 saturated carbocycles. The van der Waals surface area contributed by atoms with Crippen LogP contribution in [0.4, 0.5) is 17.6 Å². The van der Waals surface area contributed by atoms with E-state index in [1.807, 2.05) is 0 Å². The van der Waals surface area contributed by atoms with Gasteiger partial charge in [0.15, 0.2) is 19.0 Å². The Labute approximate surface area is 200 Å². The third kappa shape index (κ3) is 10.2. The van der Waals surface area contributed by atoms with E-state index in [0.717, 1.165) is 18.3 Å². The maximum Gasteiger partial charge on any atom is 0.408 e. The van der Waals surface area contributed by atoms with Crippen LogP contribution in [0.1, 0.15) is 6.42 Å². The molecular weight excluding hydrogens is 504 g/mol. The molecule has 2 amide bonds. The fourth-order valence-electron chi connectivity index (χ4n) is 2.50. The number of halogens is 5. The van der Waals surface area contributed by atoms with Crippen LogP contribution in [0.5, 0.6) is 11.5 Å². The molecule has 192 valence electrons. The normalized spacial score (nSPS) is 12.1. The summed E-state index contributed by atoms with van der Waals surface area (Å²) in [5.74, 6) is -2.35. The number of aliphatic hydroxyl groups is 1. The van der Waals surface area contributed by atoms with Gasteiger partial charge in [0.05, 0.1) is 17.3 Å². The SMILES string of the molecule is O=C(COc1ccc(Cl)c(F)c1)NCCC(O)CNC(=O)COc1ccnn(CC(F)(F)F)c1=O. The summed E-state index contributed by atoms with van der Waals surface area (Å²) in [6.45, 7) is -2.86. The molecule has 3 N–H and O–H groups in total. The van der Waals surface area contributed by atoms with Crippen molar-refractivity contribution in [2.24, 2.45) is 0 Å². The largest absolute Gasteiger partial charge is 0.484 e. The molecule has 1 heterocycles. The van der Waals surface area contributed by atoms with E-state index in [1.165, 1.54) is 12.1 Å². The van der Waals surface area contributed by atoms with Gasteiger partial charge in [-0.05, 0) is 18.6 Å². The summed E-state index contributed by atoms with van der Waals surface area (Å²) in [6, 6.07) is 4.72. The van der Waals surface area contributed by atoms with Crippen molar-refractivity contribution in [3.05, 3.63) is 51.7 Å². The first kappa shape index (κ1) is 27.9. The van der Waals surface area contributed by atoms with Gasteiger partial charge in [0.25, 0.3) is 11.8 Å². The summed E-state index contributed by atoms with van der Waals surface area (Å²) in [5, 5.41) is 17.9. The minimum absolute atomic E-state index is 0.0421. The Hall–Kier alpha value is -3.39. The van der Waals surface area contributed by atoms with Crippen molar-refractivity contribution >= 4 is 23.4 Å². The van der Waals surface area contributed by atoms with Gasteiger partial charge in [0.2, 0.25) is 0 Å². The number of nitrogens with one attached hydrogen (secondary N) is 2. The van der Waals surface area contributed by atoms with Gasteiger partial charge in [-0.15, -0.1) is 0 Å². The number of alkyl halides is 3. The molecule has 1 aromatic heterocycles. The third-order valence-corrected chi connectivity index (χ3v) is 4.47. The van der Waals surface area contributed by atoms with Gasteiger partial charge < -0.3 is 25.2 Å². The third-order valence-electron chi connectivity index (χ3n) is 4.16. The van der Waals surface area contributed by atoms with E-state index in [0.29, 0.717) is 0 Å². The van der Waals surface area contributed by atoms with E-state index in [1.54, 1.807) is 0 Å². The standard InChI is InChI=1S/C20H21ClF4N4O6/c21-14-2-1-13(7-15(14)22)34-9-17(31)26-5-3-12(30)8-27-18(32)10-35-16-4-6-28-29(19(16)33)11-20(23,24)25/h1-2,4,6-7,12,30H,3,5,8-11H2,(H,26,31)(H,27,32). The first-order chi connectivity index (χ1) is 16.4. The average Bonchev–Trinajstić information content (AvgIpc) is 2.78. The Balaban J connectivity index is 1.64. The van der Waals surface area contributed by atoms with Crippen LogP contribution in [0.15, 0.2) is 35.3 Å². The van der Waals surface area contributed by atoms with Crippen LogP contribution in [0, 0.1) is 5.82 Å². The molecule has 0 fully saturated rings. The number of benzene rings is 1. The second-order valence-corrected chi connectivity index (χ2v) is 7.43. The van der Waals surface area contributed by atoms with Gasteiger partial charge in [-0.1, -0.05) is 11.6 Å². The van der Waals surface area contributed by atoms with Gasteiger partial charge in [0, 0.05) is 25.2 Å². The molecule has 10 nitrogen and oxygen atoms in total. The molecule has 2 rings (SSSR count). The first-order valence-corrected chi connectivity index (χ1v) is 10.4. The summed E-state index contributed by atoms with van der Waals surface area (Å²) in [6.07, 6.45) is -4.71. The van der Waals surface area contributed by atoms with Crippen molar-refractivity contribution in [1.29, 1.82) is 0 Å². The van der Waals surface area contributed by atoms with Crippen molar-refractivity contribution in [2.45, 2.75) is 25.2 Å². The maximum atomic E-state index is 13.3. The molecule has 1 aromatic carbocycles. The molecule has 0 aliphatic carbocycles. The van der Waals surface area contributed by atoms with E-state index in [4.69, 9.17) is 21.1 Å². The van der Waals surface area contributed by atoms with Gasteiger partial charge in [0.1, 0.15) is 18.1 Å². The zero-order valence-electron chi connectivity index (χ0n) is 18.0. The molecule has 0 aliphatic heterocycles. The highest BCUT2D eigenvalue weighted by atomic mass is 35.5. The lowest BCUT2D eigenvalue weighted by Crippen LogP contribution is -2.38. The molecule has 1 atom stereocenters. The predicted molar refractivity (Wildman–Crippen MR) is 114 cm³/mol. The Morgan fingerprint density at radius 1 is 1.14 bits per heavy atom. The molecule has 2 aromatic rings. The van der Waals surface area contributed by atoms with E-state index in [2.05, 4.69) is 15.7 Å². The highest BCUT2D eigenvalue weighted by Gasteiger charge is 2.29. The lowest BCUT2D eigenvalue weighted by atomic mass is 10.2. The minimum atomic E-state index is -4.66. The number of rotatable bonds is 12. The van der Waals surface area contributed by atoms with Crippen LogP contribution in [0.2, 0.25) is 5.02 Å². The fraction of sp³-hybridized carbons (Fsp3) is 0.400. The molecule has 15 heteroatoms. The van der Waals surface area contributed by atoms with Crippen LogP contribution < -0.4 is 25.7 Å². The number of carbonyl (C=O) groups is 2. The van der Waals surface area contributed by atoms with E-state index in [-0.39, 0.29) is 35.0 Å². The number of ether oxygens (including phenoxy) is 2. The second-order valence-electron chi connectivity index (χ2n) is 7.02. The van der Waals surface area contributed by atoms with Gasteiger partial charge in [-0.3, -0.25) is 14.4 Å². The van der Waals surface area contributed by atoms with E-state index >= 15 is 0 Å². The number of aliphatic hydroxyl groups excluding tert-OH is 1. The number of carbonyl (C=O) groups excluding carboxylic acids is 2. The smallest absolute Gasteiger partial charge is 0.408 e. The van der Waals surface area contributed by atoms with Crippen molar-refractivity contribution in [1.82, 2.24) is 20.4 Å². The topological polar surface area (TPSA) is 132 Å². The summed E-state index contributed by atoms with van der Waals surface area (Å²) in [7, 11) is 0. The number of nitrogens with zero attached hydrogens (tertiary/aromatic N) is 2. The summed E-state index contributed by atoms with van der Waals surface area (Å²) in [5.41, 5.74) is -1.15. The molecule has 0 saturated heterocycles. The summed E-state index contributed by atoms with van der Waals surface area (Å²) in [4.78, 5) is 35.5. The van der Waals surface area contributed by atoms with Crippen LogP contribution >= 0.6 is 11.6 Å². The molecule has 1 unspecified atom stereocenters. The molecular formula is C20H21ClF4N4O6. The highest BCUT2D eigenvalue weighted by molar-refractivity contribution is 6.30. The lowest BCUT2D eigenvalue weighted by molar-refractivity contribution is -0.143. The first-order valence-electron chi connectivity index (χ1n) is 9.99. The van der Waals surface area contributed by atoms with E-state index < -0.39 is 61.0 Å². The molecule has 0 radical (unpaired) electrons. The summed E-state index contributed by atoms with van der Waals surface area (Å²) >= 11 is 5.55. The average molecular weight is 525 g/mol. The second kappa shape index (κ2) is 12.9. The molecule has 35 heavy (non-hydrogen) atoms. The predicted octanol–water partition coefficient (Wildman–Crippen LogP) is 1.04.